The molecule has 1 N–H and O–H groups in total. The van der Waals surface area contributed by atoms with Gasteiger partial charge in [-0.3, -0.25) is 4.79 Å². The summed E-state index contributed by atoms with van der Waals surface area (Å²) in [6.45, 7) is 1.98. The number of nitrogens with one attached hydrogen (secondary N) is 1. The van der Waals surface area contributed by atoms with Crippen molar-refractivity contribution in [1.29, 1.82) is 0 Å². The number of hydrogen-bond acceptors (Lipinski definition) is 1. The van der Waals surface area contributed by atoms with Crippen LogP contribution >= 0.6 is 11.6 Å². The molecule has 0 aliphatic carbocycles. The van der Waals surface area contributed by atoms with Crippen molar-refractivity contribution < 1.29 is 4.79 Å². The number of aryl methyl sites for hydroxylation is 2. The van der Waals surface area contributed by atoms with Crippen molar-refractivity contribution in [3.8, 4) is 0 Å². The van der Waals surface area contributed by atoms with E-state index in [2.05, 4.69) is 5.32 Å². The van der Waals surface area contributed by atoms with Crippen LogP contribution in [-0.4, -0.2) is 5.91 Å². The molecule has 0 saturated carbocycles. The third kappa shape index (κ3) is 4.11. The van der Waals surface area contributed by atoms with Crippen LogP contribution in [-0.2, 0) is 11.2 Å². The minimum Gasteiger partial charge on any atom is -0.326 e. The van der Waals surface area contributed by atoms with E-state index in [1.165, 1.54) is 0 Å². The molecule has 0 aliphatic heterocycles. The van der Waals surface area contributed by atoms with E-state index in [0.29, 0.717) is 11.4 Å². The molecule has 0 spiro atoms. The highest BCUT2D eigenvalue weighted by molar-refractivity contribution is 6.30. The van der Waals surface area contributed by atoms with Crippen LogP contribution < -0.4 is 5.32 Å². The van der Waals surface area contributed by atoms with E-state index in [0.717, 1.165) is 23.2 Å². The summed E-state index contributed by atoms with van der Waals surface area (Å²) in [7, 11) is 0. The average molecular weight is 274 g/mol. The van der Waals surface area contributed by atoms with Gasteiger partial charge >= 0.3 is 0 Å². The van der Waals surface area contributed by atoms with Gasteiger partial charge in [0.25, 0.3) is 0 Å². The average Bonchev–Trinajstić information content (AvgIpc) is 2.41. The van der Waals surface area contributed by atoms with Crippen LogP contribution in [0.15, 0.2) is 48.5 Å². The highest BCUT2D eigenvalue weighted by Gasteiger charge is 2.04. The number of anilines is 1. The van der Waals surface area contributed by atoms with Gasteiger partial charge in [-0.05, 0) is 42.7 Å². The summed E-state index contributed by atoms with van der Waals surface area (Å²) in [5, 5.41) is 3.64. The lowest BCUT2D eigenvalue weighted by atomic mass is 10.1. The van der Waals surface area contributed by atoms with Crippen LogP contribution in [0.25, 0.3) is 0 Å². The largest absolute Gasteiger partial charge is 0.326 e. The molecule has 2 rings (SSSR count). The standard InChI is InChI=1S/C16H16ClNO/c1-12-4-2-3-5-15(12)18-16(19)11-8-13-6-9-14(17)10-7-13/h2-7,9-10H,8,11H2,1H3,(H,18,19). The summed E-state index contributed by atoms with van der Waals surface area (Å²) in [5.74, 6) is 0.0317. The molecule has 0 heterocycles. The SMILES string of the molecule is Cc1ccccc1NC(=O)CCc1ccc(Cl)cc1. The maximum atomic E-state index is 11.9. The molecule has 98 valence electrons. The van der Waals surface area contributed by atoms with Crippen molar-refractivity contribution in [2.45, 2.75) is 19.8 Å². The van der Waals surface area contributed by atoms with Crippen LogP contribution in [0.4, 0.5) is 5.69 Å². The van der Waals surface area contributed by atoms with Crippen LogP contribution in [0.3, 0.4) is 0 Å². The monoisotopic (exact) mass is 273 g/mol. The molecule has 3 heteroatoms. The van der Waals surface area contributed by atoms with Gasteiger partial charge in [0.2, 0.25) is 5.91 Å². The molecule has 19 heavy (non-hydrogen) atoms. The third-order valence-electron chi connectivity index (χ3n) is 2.97. The van der Waals surface area contributed by atoms with E-state index in [-0.39, 0.29) is 5.91 Å². The fourth-order valence-electron chi connectivity index (χ4n) is 1.83. The zero-order valence-corrected chi connectivity index (χ0v) is 11.6. The second kappa shape index (κ2) is 6.39. The van der Waals surface area contributed by atoms with Gasteiger partial charge < -0.3 is 5.32 Å². The molecule has 0 saturated heterocycles. The molecule has 2 aromatic carbocycles. The molecule has 0 radical (unpaired) electrons. The Morgan fingerprint density at radius 2 is 1.79 bits per heavy atom. The number of hydrogen-bond donors (Lipinski definition) is 1. The van der Waals surface area contributed by atoms with Gasteiger partial charge in [0.15, 0.2) is 0 Å². The molecular formula is C16H16ClNO. The number of benzene rings is 2. The number of carbonyl (C=O) groups excluding carboxylic acids is 1. The third-order valence-corrected chi connectivity index (χ3v) is 3.23. The number of rotatable bonds is 4. The molecule has 0 bridgehead atoms. The zero-order valence-electron chi connectivity index (χ0n) is 10.8. The first-order chi connectivity index (χ1) is 9.15. The Hall–Kier alpha value is -1.80. The molecule has 2 aromatic rings. The van der Waals surface area contributed by atoms with Crippen LogP contribution in [0.5, 0.6) is 0 Å². The van der Waals surface area contributed by atoms with Gasteiger partial charge in [0, 0.05) is 17.1 Å². The van der Waals surface area contributed by atoms with Gasteiger partial charge in [-0.15, -0.1) is 0 Å². The Bertz CT molecular complexity index is 563. The highest BCUT2D eigenvalue weighted by Crippen LogP contribution is 2.14. The number of halogens is 1. The summed E-state index contributed by atoms with van der Waals surface area (Å²) in [6, 6.07) is 15.4. The van der Waals surface area contributed by atoms with E-state index in [1.807, 2.05) is 55.5 Å². The number of para-hydroxylation sites is 1. The topological polar surface area (TPSA) is 29.1 Å². The van der Waals surface area contributed by atoms with Crippen molar-refractivity contribution in [3.63, 3.8) is 0 Å². The van der Waals surface area contributed by atoms with E-state index < -0.39 is 0 Å². The van der Waals surface area contributed by atoms with Gasteiger partial charge in [-0.2, -0.15) is 0 Å². The fourth-order valence-corrected chi connectivity index (χ4v) is 1.96. The molecule has 0 atom stereocenters. The molecule has 0 aromatic heterocycles. The van der Waals surface area contributed by atoms with Crippen LogP contribution in [0, 0.1) is 6.92 Å². The first-order valence-corrected chi connectivity index (χ1v) is 6.63. The maximum absolute atomic E-state index is 11.9. The molecule has 0 unspecified atom stereocenters. The van der Waals surface area contributed by atoms with Crippen molar-refractivity contribution in [2.24, 2.45) is 0 Å². The normalized spacial score (nSPS) is 10.2. The lowest BCUT2D eigenvalue weighted by Crippen LogP contribution is -2.13. The highest BCUT2D eigenvalue weighted by atomic mass is 35.5. The van der Waals surface area contributed by atoms with Crippen molar-refractivity contribution >= 4 is 23.2 Å². The van der Waals surface area contributed by atoms with Gasteiger partial charge in [-0.1, -0.05) is 41.9 Å². The van der Waals surface area contributed by atoms with Crippen LogP contribution in [0.2, 0.25) is 5.02 Å². The smallest absolute Gasteiger partial charge is 0.224 e. The van der Waals surface area contributed by atoms with Gasteiger partial charge in [-0.25, -0.2) is 0 Å². The Morgan fingerprint density at radius 1 is 1.11 bits per heavy atom. The second-order valence-electron chi connectivity index (χ2n) is 4.49. The summed E-state index contributed by atoms with van der Waals surface area (Å²) in [5.41, 5.74) is 3.07. The molecule has 1 amide bonds. The Kier molecular flexibility index (Phi) is 4.58. The minimum atomic E-state index is 0.0317. The zero-order chi connectivity index (χ0) is 13.7. The van der Waals surface area contributed by atoms with Gasteiger partial charge in [0.1, 0.15) is 0 Å². The van der Waals surface area contributed by atoms with Crippen molar-refractivity contribution in [1.82, 2.24) is 0 Å². The summed E-state index contributed by atoms with van der Waals surface area (Å²) in [6.07, 6.45) is 1.19. The minimum absolute atomic E-state index is 0.0317. The molecule has 0 aliphatic rings. The van der Waals surface area contributed by atoms with E-state index in [1.54, 1.807) is 0 Å². The number of carbonyl (C=O) groups is 1. The van der Waals surface area contributed by atoms with E-state index >= 15 is 0 Å². The Balaban J connectivity index is 1.88. The van der Waals surface area contributed by atoms with Gasteiger partial charge in [0.05, 0.1) is 0 Å². The van der Waals surface area contributed by atoms with Crippen molar-refractivity contribution in [2.75, 3.05) is 5.32 Å². The first kappa shape index (κ1) is 13.6. The summed E-state index contributed by atoms with van der Waals surface area (Å²) in [4.78, 5) is 11.9. The predicted molar refractivity (Wildman–Crippen MR) is 79.6 cm³/mol. The Labute approximate surface area is 118 Å². The Morgan fingerprint density at radius 3 is 2.47 bits per heavy atom. The fraction of sp³-hybridized carbons (Fsp3) is 0.188. The lowest BCUT2D eigenvalue weighted by Gasteiger charge is -2.08. The number of amides is 1. The molecule has 2 nitrogen and oxygen atoms in total. The predicted octanol–water partition coefficient (Wildman–Crippen LogP) is 4.22. The maximum Gasteiger partial charge on any atom is 0.224 e. The molecular weight excluding hydrogens is 258 g/mol. The second-order valence-corrected chi connectivity index (χ2v) is 4.93. The molecule has 0 fully saturated rings. The summed E-state index contributed by atoms with van der Waals surface area (Å²) >= 11 is 5.82. The van der Waals surface area contributed by atoms with Crippen LogP contribution in [0.1, 0.15) is 17.5 Å². The first-order valence-electron chi connectivity index (χ1n) is 6.25. The van der Waals surface area contributed by atoms with Crippen molar-refractivity contribution in [3.05, 3.63) is 64.7 Å². The lowest BCUT2D eigenvalue weighted by molar-refractivity contribution is -0.116. The van der Waals surface area contributed by atoms with E-state index in [4.69, 9.17) is 11.6 Å². The van der Waals surface area contributed by atoms with E-state index in [9.17, 15) is 4.79 Å². The quantitative estimate of drug-likeness (QED) is 0.888. The summed E-state index contributed by atoms with van der Waals surface area (Å²) < 4.78 is 0.